The quantitative estimate of drug-likeness (QED) is 0.802. The van der Waals surface area contributed by atoms with Gasteiger partial charge in [-0.3, -0.25) is 0 Å². The molecule has 0 spiro atoms. The molecule has 0 saturated heterocycles. The molecular formula is C12H19FN2. The van der Waals surface area contributed by atoms with E-state index >= 15 is 0 Å². The molecule has 1 N–H and O–H groups in total. The highest BCUT2D eigenvalue weighted by Gasteiger charge is 2.14. The second-order valence-corrected chi connectivity index (χ2v) is 3.64. The fourth-order valence-electron chi connectivity index (χ4n) is 1.81. The maximum absolute atomic E-state index is 13.6. The minimum Gasteiger partial charge on any atom is -0.365 e. The van der Waals surface area contributed by atoms with Crippen molar-refractivity contribution in [3.8, 4) is 0 Å². The SMILES string of the molecule is CCN(c1ccccc1F)C(C)CNC. The van der Waals surface area contributed by atoms with Crippen molar-refractivity contribution in [2.24, 2.45) is 0 Å². The summed E-state index contributed by atoms with van der Waals surface area (Å²) < 4.78 is 13.6. The monoisotopic (exact) mass is 210 g/mol. The smallest absolute Gasteiger partial charge is 0.146 e. The third-order valence-electron chi connectivity index (χ3n) is 2.53. The highest BCUT2D eigenvalue weighted by molar-refractivity contribution is 5.48. The number of para-hydroxylation sites is 1. The summed E-state index contributed by atoms with van der Waals surface area (Å²) in [7, 11) is 1.91. The zero-order chi connectivity index (χ0) is 11.3. The Morgan fingerprint density at radius 1 is 1.40 bits per heavy atom. The molecule has 15 heavy (non-hydrogen) atoms. The van der Waals surface area contributed by atoms with Crippen LogP contribution in [-0.4, -0.2) is 26.2 Å². The summed E-state index contributed by atoms with van der Waals surface area (Å²) in [6.45, 7) is 5.79. The molecule has 0 heterocycles. The first-order valence-corrected chi connectivity index (χ1v) is 5.36. The number of nitrogens with zero attached hydrogens (tertiary/aromatic N) is 1. The molecule has 0 fully saturated rings. The third-order valence-corrected chi connectivity index (χ3v) is 2.53. The van der Waals surface area contributed by atoms with E-state index < -0.39 is 0 Å². The van der Waals surface area contributed by atoms with Crippen molar-refractivity contribution in [3.05, 3.63) is 30.1 Å². The summed E-state index contributed by atoms with van der Waals surface area (Å²) in [6.07, 6.45) is 0. The normalized spacial score (nSPS) is 12.5. The number of rotatable bonds is 5. The van der Waals surface area contributed by atoms with Gasteiger partial charge in [0.25, 0.3) is 0 Å². The van der Waals surface area contributed by atoms with Gasteiger partial charge in [-0.2, -0.15) is 0 Å². The Kier molecular flexibility index (Phi) is 4.56. The van der Waals surface area contributed by atoms with E-state index in [1.807, 2.05) is 26.1 Å². The Balaban J connectivity index is 2.87. The van der Waals surface area contributed by atoms with Gasteiger partial charge in [0.1, 0.15) is 5.82 Å². The second kappa shape index (κ2) is 5.71. The zero-order valence-corrected chi connectivity index (χ0v) is 9.63. The number of hydrogen-bond donors (Lipinski definition) is 1. The molecule has 0 radical (unpaired) electrons. The maximum atomic E-state index is 13.6. The van der Waals surface area contributed by atoms with Crippen molar-refractivity contribution in [1.29, 1.82) is 0 Å². The van der Waals surface area contributed by atoms with Crippen LogP contribution in [0.3, 0.4) is 0 Å². The molecule has 84 valence electrons. The number of likely N-dealkylation sites (N-methyl/N-ethyl adjacent to an activating group) is 2. The standard InChI is InChI=1S/C12H19FN2/c1-4-15(10(2)9-14-3)12-8-6-5-7-11(12)13/h5-8,10,14H,4,9H2,1-3H3. The second-order valence-electron chi connectivity index (χ2n) is 3.64. The van der Waals surface area contributed by atoms with Gasteiger partial charge in [0, 0.05) is 19.1 Å². The molecule has 0 amide bonds. The van der Waals surface area contributed by atoms with Crippen LogP contribution in [0.2, 0.25) is 0 Å². The summed E-state index contributed by atoms with van der Waals surface area (Å²) in [5.41, 5.74) is 0.683. The van der Waals surface area contributed by atoms with Crippen molar-refractivity contribution in [2.45, 2.75) is 19.9 Å². The van der Waals surface area contributed by atoms with Crippen LogP contribution in [0.25, 0.3) is 0 Å². The molecule has 1 atom stereocenters. The first kappa shape index (κ1) is 12.0. The molecule has 1 aromatic rings. The summed E-state index contributed by atoms with van der Waals surface area (Å²) in [5.74, 6) is -0.151. The highest BCUT2D eigenvalue weighted by Crippen LogP contribution is 2.20. The predicted molar refractivity (Wildman–Crippen MR) is 62.8 cm³/mol. The molecule has 3 heteroatoms. The average Bonchev–Trinajstić information content (AvgIpc) is 2.22. The molecular weight excluding hydrogens is 191 g/mol. The van der Waals surface area contributed by atoms with Gasteiger partial charge in [-0.15, -0.1) is 0 Å². The first-order chi connectivity index (χ1) is 7.20. The predicted octanol–water partition coefficient (Wildman–Crippen LogP) is 2.26. The van der Waals surface area contributed by atoms with E-state index in [9.17, 15) is 4.39 Å². The molecule has 0 aromatic heterocycles. The lowest BCUT2D eigenvalue weighted by Crippen LogP contribution is -2.39. The lowest BCUT2D eigenvalue weighted by atomic mass is 10.2. The van der Waals surface area contributed by atoms with E-state index in [1.165, 1.54) is 6.07 Å². The molecule has 0 aliphatic heterocycles. The van der Waals surface area contributed by atoms with E-state index in [1.54, 1.807) is 6.07 Å². The van der Waals surface area contributed by atoms with Gasteiger partial charge >= 0.3 is 0 Å². The van der Waals surface area contributed by atoms with E-state index in [-0.39, 0.29) is 11.9 Å². The maximum Gasteiger partial charge on any atom is 0.146 e. The zero-order valence-electron chi connectivity index (χ0n) is 9.63. The van der Waals surface area contributed by atoms with Crippen molar-refractivity contribution in [3.63, 3.8) is 0 Å². The van der Waals surface area contributed by atoms with Gasteiger partial charge < -0.3 is 10.2 Å². The number of hydrogen-bond acceptors (Lipinski definition) is 2. The van der Waals surface area contributed by atoms with E-state index in [4.69, 9.17) is 0 Å². The van der Waals surface area contributed by atoms with Crippen LogP contribution in [-0.2, 0) is 0 Å². The van der Waals surface area contributed by atoms with Crippen molar-refractivity contribution in [1.82, 2.24) is 5.32 Å². The van der Waals surface area contributed by atoms with Gasteiger partial charge in [-0.1, -0.05) is 12.1 Å². The number of benzene rings is 1. The van der Waals surface area contributed by atoms with Crippen molar-refractivity contribution < 1.29 is 4.39 Å². The first-order valence-electron chi connectivity index (χ1n) is 5.36. The van der Waals surface area contributed by atoms with E-state index in [2.05, 4.69) is 17.1 Å². The Morgan fingerprint density at radius 2 is 2.07 bits per heavy atom. The Bertz CT molecular complexity index is 301. The van der Waals surface area contributed by atoms with E-state index in [0.29, 0.717) is 5.69 Å². The number of halogens is 1. The van der Waals surface area contributed by atoms with Crippen LogP contribution >= 0.6 is 0 Å². The van der Waals surface area contributed by atoms with E-state index in [0.717, 1.165) is 13.1 Å². The molecule has 2 nitrogen and oxygen atoms in total. The molecule has 0 aliphatic rings. The van der Waals surface area contributed by atoms with Gasteiger partial charge in [-0.05, 0) is 33.0 Å². The molecule has 1 aromatic carbocycles. The molecule has 1 unspecified atom stereocenters. The average molecular weight is 210 g/mol. The minimum atomic E-state index is -0.151. The summed E-state index contributed by atoms with van der Waals surface area (Å²) in [4.78, 5) is 2.06. The van der Waals surface area contributed by atoms with Crippen LogP contribution in [0.5, 0.6) is 0 Å². The Hall–Kier alpha value is -1.09. The Morgan fingerprint density at radius 3 is 2.60 bits per heavy atom. The van der Waals surface area contributed by atoms with Gasteiger partial charge in [0.15, 0.2) is 0 Å². The van der Waals surface area contributed by atoms with Crippen LogP contribution in [0.4, 0.5) is 10.1 Å². The van der Waals surface area contributed by atoms with Gasteiger partial charge in [-0.25, -0.2) is 4.39 Å². The largest absolute Gasteiger partial charge is 0.365 e. The Labute approximate surface area is 91.1 Å². The van der Waals surface area contributed by atoms with Gasteiger partial charge in [0.2, 0.25) is 0 Å². The summed E-state index contributed by atoms with van der Waals surface area (Å²) >= 11 is 0. The van der Waals surface area contributed by atoms with Gasteiger partial charge in [0.05, 0.1) is 5.69 Å². The van der Waals surface area contributed by atoms with Crippen LogP contribution in [0, 0.1) is 5.82 Å². The third kappa shape index (κ3) is 2.93. The van der Waals surface area contributed by atoms with Crippen molar-refractivity contribution in [2.75, 3.05) is 25.0 Å². The summed E-state index contributed by atoms with van der Waals surface area (Å²) in [5, 5.41) is 3.11. The molecule has 1 rings (SSSR count). The minimum absolute atomic E-state index is 0.151. The summed E-state index contributed by atoms with van der Waals surface area (Å²) in [6, 6.07) is 7.20. The molecule has 0 saturated carbocycles. The lowest BCUT2D eigenvalue weighted by molar-refractivity contribution is 0.573. The fraction of sp³-hybridized carbons (Fsp3) is 0.500. The van der Waals surface area contributed by atoms with Crippen molar-refractivity contribution >= 4 is 5.69 Å². The fourth-order valence-corrected chi connectivity index (χ4v) is 1.81. The molecule has 0 aliphatic carbocycles. The number of anilines is 1. The molecule has 0 bridgehead atoms. The highest BCUT2D eigenvalue weighted by atomic mass is 19.1. The van der Waals surface area contributed by atoms with Crippen LogP contribution in [0.15, 0.2) is 24.3 Å². The lowest BCUT2D eigenvalue weighted by Gasteiger charge is -2.30. The topological polar surface area (TPSA) is 15.3 Å². The van der Waals surface area contributed by atoms with Crippen LogP contribution < -0.4 is 10.2 Å². The number of nitrogens with one attached hydrogen (secondary N) is 1. The van der Waals surface area contributed by atoms with Crippen LogP contribution in [0.1, 0.15) is 13.8 Å².